The second-order valence-electron chi connectivity index (χ2n) is 5.30. The molecule has 100 valence electrons. The summed E-state index contributed by atoms with van der Waals surface area (Å²) in [4.78, 5) is 0. The van der Waals surface area contributed by atoms with Gasteiger partial charge in [-0.25, -0.2) is 8.42 Å². The zero-order valence-electron chi connectivity index (χ0n) is 10.2. The molecule has 1 aromatic rings. The third-order valence-corrected chi connectivity index (χ3v) is 5.73. The first-order valence-electron chi connectivity index (χ1n) is 5.62. The van der Waals surface area contributed by atoms with Crippen LogP contribution in [0.5, 0.6) is 0 Å². The van der Waals surface area contributed by atoms with Crippen LogP contribution in [-0.4, -0.2) is 25.5 Å². The molecule has 1 aliphatic heterocycles. The van der Waals surface area contributed by atoms with E-state index in [-0.39, 0.29) is 17.5 Å². The summed E-state index contributed by atoms with van der Waals surface area (Å²) < 4.78 is 24.8. The van der Waals surface area contributed by atoms with Crippen molar-refractivity contribution in [1.82, 2.24) is 5.32 Å². The Morgan fingerprint density at radius 3 is 2.67 bits per heavy atom. The number of hydrogen-bond acceptors (Lipinski definition) is 3. The number of sulfone groups is 1. The first kappa shape index (κ1) is 14.3. The summed E-state index contributed by atoms with van der Waals surface area (Å²) in [6.45, 7) is 3.78. The summed E-state index contributed by atoms with van der Waals surface area (Å²) in [5.41, 5.74) is 0.397. The standard InChI is InChI=1S/C12H15BrClNO2S/c1-12(2)7-18(16,17)6-11(15-12)9-4-3-8(13)5-10(9)14/h3-5,11,15H,6-7H2,1-2H3. The fourth-order valence-electron chi connectivity index (χ4n) is 2.37. The van der Waals surface area contributed by atoms with Crippen molar-refractivity contribution < 1.29 is 8.42 Å². The molecule has 1 fully saturated rings. The average Bonchev–Trinajstić information content (AvgIpc) is 2.11. The summed E-state index contributed by atoms with van der Waals surface area (Å²) in [5, 5.41) is 3.92. The van der Waals surface area contributed by atoms with Gasteiger partial charge in [0.25, 0.3) is 0 Å². The topological polar surface area (TPSA) is 46.2 Å². The Balaban J connectivity index is 2.38. The molecule has 1 aromatic carbocycles. The van der Waals surface area contributed by atoms with Crippen molar-refractivity contribution in [1.29, 1.82) is 0 Å². The van der Waals surface area contributed by atoms with Crippen LogP contribution in [0.1, 0.15) is 25.5 Å². The number of nitrogens with one attached hydrogen (secondary N) is 1. The molecule has 0 radical (unpaired) electrons. The van der Waals surface area contributed by atoms with Crippen LogP contribution in [0.15, 0.2) is 22.7 Å². The SMILES string of the molecule is CC1(C)CS(=O)(=O)CC(c2ccc(Br)cc2Cl)N1. The molecule has 0 aliphatic carbocycles. The number of benzene rings is 1. The minimum absolute atomic E-state index is 0.0950. The van der Waals surface area contributed by atoms with Crippen molar-refractivity contribution in [3.05, 3.63) is 33.3 Å². The van der Waals surface area contributed by atoms with Gasteiger partial charge in [0, 0.05) is 21.1 Å². The second-order valence-corrected chi connectivity index (χ2v) is 8.73. The Bertz CT molecular complexity index is 571. The van der Waals surface area contributed by atoms with Crippen LogP contribution in [0.3, 0.4) is 0 Å². The Labute approximate surface area is 121 Å². The predicted octanol–water partition coefficient (Wildman–Crippen LogP) is 2.94. The monoisotopic (exact) mass is 351 g/mol. The minimum atomic E-state index is -3.05. The quantitative estimate of drug-likeness (QED) is 0.845. The van der Waals surface area contributed by atoms with Crippen molar-refractivity contribution in [2.24, 2.45) is 0 Å². The summed E-state index contributed by atoms with van der Waals surface area (Å²) in [6.07, 6.45) is 0. The molecule has 0 spiro atoms. The van der Waals surface area contributed by atoms with Gasteiger partial charge < -0.3 is 5.32 Å². The van der Waals surface area contributed by atoms with E-state index in [1.165, 1.54) is 0 Å². The van der Waals surface area contributed by atoms with Gasteiger partial charge in [0.15, 0.2) is 9.84 Å². The maximum atomic E-state index is 11.9. The molecule has 3 nitrogen and oxygen atoms in total. The van der Waals surface area contributed by atoms with Crippen LogP contribution in [0.4, 0.5) is 0 Å². The highest BCUT2D eigenvalue weighted by molar-refractivity contribution is 9.10. The van der Waals surface area contributed by atoms with Gasteiger partial charge in [-0.05, 0) is 31.5 Å². The lowest BCUT2D eigenvalue weighted by molar-refractivity contribution is 0.360. The minimum Gasteiger partial charge on any atom is -0.303 e. The molecular weight excluding hydrogens is 338 g/mol. The predicted molar refractivity (Wildman–Crippen MR) is 77.8 cm³/mol. The lowest BCUT2D eigenvalue weighted by Gasteiger charge is -2.37. The maximum Gasteiger partial charge on any atom is 0.153 e. The highest BCUT2D eigenvalue weighted by Crippen LogP contribution is 2.31. The van der Waals surface area contributed by atoms with Crippen molar-refractivity contribution in [2.75, 3.05) is 11.5 Å². The lowest BCUT2D eigenvalue weighted by atomic mass is 10.0. The van der Waals surface area contributed by atoms with Crippen molar-refractivity contribution in [3.63, 3.8) is 0 Å². The normalized spacial score (nSPS) is 25.9. The first-order chi connectivity index (χ1) is 8.19. The van der Waals surface area contributed by atoms with Crippen LogP contribution >= 0.6 is 27.5 Å². The number of halogens is 2. The Morgan fingerprint density at radius 2 is 2.11 bits per heavy atom. The van der Waals surface area contributed by atoms with E-state index in [0.717, 1.165) is 10.0 Å². The molecule has 1 heterocycles. The molecule has 6 heteroatoms. The van der Waals surface area contributed by atoms with Gasteiger partial charge in [-0.2, -0.15) is 0 Å². The molecule has 0 aromatic heterocycles. The third-order valence-electron chi connectivity index (χ3n) is 2.90. The van der Waals surface area contributed by atoms with E-state index in [2.05, 4.69) is 21.2 Å². The third kappa shape index (κ3) is 3.26. The van der Waals surface area contributed by atoms with Gasteiger partial charge >= 0.3 is 0 Å². The fraction of sp³-hybridized carbons (Fsp3) is 0.500. The van der Waals surface area contributed by atoms with E-state index in [1.54, 1.807) is 6.07 Å². The van der Waals surface area contributed by atoms with Crippen LogP contribution in [0.2, 0.25) is 5.02 Å². The molecule has 0 bridgehead atoms. The summed E-state index contributed by atoms with van der Waals surface area (Å²) in [6, 6.07) is 5.27. The summed E-state index contributed by atoms with van der Waals surface area (Å²) in [7, 11) is -3.05. The molecule has 1 saturated heterocycles. The molecule has 1 unspecified atom stereocenters. The van der Waals surface area contributed by atoms with Gasteiger partial charge in [-0.3, -0.25) is 0 Å². The lowest BCUT2D eigenvalue weighted by Crippen LogP contribution is -2.54. The molecule has 0 amide bonds. The van der Waals surface area contributed by atoms with E-state index >= 15 is 0 Å². The van der Waals surface area contributed by atoms with Crippen molar-refractivity contribution in [2.45, 2.75) is 25.4 Å². The summed E-state index contributed by atoms with van der Waals surface area (Å²) >= 11 is 9.53. The van der Waals surface area contributed by atoms with Crippen LogP contribution in [0, 0.1) is 0 Å². The smallest absolute Gasteiger partial charge is 0.153 e. The highest BCUT2D eigenvalue weighted by atomic mass is 79.9. The van der Waals surface area contributed by atoms with Crippen LogP contribution < -0.4 is 5.32 Å². The molecule has 1 aliphatic rings. The molecule has 2 rings (SSSR count). The highest BCUT2D eigenvalue weighted by Gasteiger charge is 2.37. The summed E-state index contributed by atoms with van der Waals surface area (Å²) in [5.74, 6) is 0.252. The first-order valence-corrected chi connectivity index (χ1v) is 8.61. The van der Waals surface area contributed by atoms with E-state index in [0.29, 0.717) is 5.02 Å². The van der Waals surface area contributed by atoms with Gasteiger partial charge in [0.1, 0.15) is 0 Å². The second kappa shape index (κ2) is 4.78. The van der Waals surface area contributed by atoms with Gasteiger partial charge in [0.2, 0.25) is 0 Å². The largest absolute Gasteiger partial charge is 0.303 e. The number of hydrogen-bond donors (Lipinski definition) is 1. The molecule has 18 heavy (non-hydrogen) atoms. The van der Waals surface area contributed by atoms with Gasteiger partial charge in [-0.1, -0.05) is 33.6 Å². The van der Waals surface area contributed by atoms with Crippen molar-refractivity contribution in [3.8, 4) is 0 Å². The Hall–Kier alpha value is -0.100. The van der Waals surface area contributed by atoms with E-state index in [1.807, 2.05) is 26.0 Å². The van der Waals surface area contributed by atoms with E-state index in [4.69, 9.17) is 11.6 Å². The molecule has 1 N–H and O–H groups in total. The zero-order chi connectivity index (χ0) is 13.6. The molecular formula is C12H15BrClNO2S. The van der Waals surface area contributed by atoms with Gasteiger partial charge in [0.05, 0.1) is 11.5 Å². The van der Waals surface area contributed by atoms with E-state index in [9.17, 15) is 8.42 Å². The van der Waals surface area contributed by atoms with Crippen LogP contribution in [-0.2, 0) is 9.84 Å². The zero-order valence-corrected chi connectivity index (χ0v) is 13.4. The molecule has 0 saturated carbocycles. The van der Waals surface area contributed by atoms with Crippen LogP contribution in [0.25, 0.3) is 0 Å². The average molecular weight is 353 g/mol. The maximum absolute atomic E-state index is 11.9. The Morgan fingerprint density at radius 1 is 1.44 bits per heavy atom. The number of rotatable bonds is 1. The van der Waals surface area contributed by atoms with Crippen molar-refractivity contribution >= 4 is 37.4 Å². The van der Waals surface area contributed by atoms with Gasteiger partial charge in [-0.15, -0.1) is 0 Å². The molecule has 1 atom stereocenters. The van der Waals surface area contributed by atoms with E-state index < -0.39 is 15.4 Å². The Kier molecular flexibility index (Phi) is 3.80. The fourth-order valence-corrected chi connectivity index (χ4v) is 5.25.